The molecule has 0 aliphatic carbocycles. The minimum Gasteiger partial charge on any atom is -0.377 e. The average molecular weight is 402 g/mol. The molecule has 3 heterocycles. The van der Waals surface area contributed by atoms with E-state index in [1.165, 1.54) is 4.31 Å². The van der Waals surface area contributed by atoms with Gasteiger partial charge < -0.3 is 4.74 Å². The number of hydrogen-bond donors (Lipinski definition) is 0. The molecule has 9 heteroatoms. The topological polar surface area (TPSA) is 98.4 Å². The minimum atomic E-state index is -3.88. The number of nitrogens with zero attached hydrogens (tertiary/aromatic N) is 4. The van der Waals surface area contributed by atoms with E-state index in [9.17, 15) is 8.42 Å². The highest BCUT2D eigenvalue weighted by Gasteiger charge is 2.33. The second kappa shape index (κ2) is 7.57. The molecule has 2 aromatic heterocycles. The molecule has 1 saturated heterocycles. The minimum absolute atomic E-state index is 0.128. The number of fused-ring (bicyclic) bond motifs is 1. The first-order valence-corrected chi connectivity index (χ1v) is 10.6. The van der Waals surface area contributed by atoms with Gasteiger partial charge in [-0.15, -0.1) is 0 Å². The molecule has 0 radical (unpaired) electrons. The standard InChI is InChI=1S/C19H22N4O4S/c1-13-10-14(2)19(18-17(13)21-27-22-18)28(24,25)23(12-16-7-5-9-26-16)11-15-6-3-4-8-20-15/h3-4,6,8,10,16H,5,7,9,11-12H2,1-2H3. The molecule has 0 N–H and O–H groups in total. The second-order valence-electron chi connectivity index (χ2n) is 7.05. The van der Waals surface area contributed by atoms with Gasteiger partial charge in [0.15, 0.2) is 5.52 Å². The van der Waals surface area contributed by atoms with Crippen LogP contribution in [-0.4, -0.2) is 47.3 Å². The smallest absolute Gasteiger partial charge is 0.246 e. The van der Waals surface area contributed by atoms with Crippen LogP contribution in [0.3, 0.4) is 0 Å². The first-order valence-electron chi connectivity index (χ1n) is 9.21. The van der Waals surface area contributed by atoms with Crippen molar-refractivity contribution in [1.29, 1.82) is 0 Å². The molecule has 1 fully saturated rings. The molecule has 1 unspecified atom stereocenters. The van der Waals surface area contributed by atoms with E-state index in [4.69, 9.17) is 9.37 Å². The van der Waals surface area contributed by atoms with E-state index < -0.39 is 10.0 Å². The van der Waals surface area contributed by atoms with Crippen molar-refractivity contribution in [3.05, 3.63) is 47.3 Å². The Labute approximate surface area is 163 Å². The maximum atomic E-state index is 13.7. The van der Waals surface area contributed by atoms with Gasteiger partial charge in [-0.3, -0.25) is 4.98 Å². The molecule has 4 rings (SSSR count). The van der Waals surface area contributed by atoms with E-state index in [1.807, 2.05) is 19.1 Å². The quantitative estimate of drug-likeness (QED) is 0.625. The highest BCUT2D eigenvalue weighted by Crippen LogP contribution is 2.31. The summed E-state index contributed by atoms with van der Waals surface area (Å²) in [7, 11) is -3.88. The van der Waals surface area contributed by atoms with Crippen LogP contribution in [0, 0.1) is 13.8 Å². The number of rotatable bonds is 6. The average Bonchev–Trinajstić information content (AvgIpc) is 3.34. The lowest BCUT2D eigenvalue weighted by Crippen LogP contribution is -2.37. The molecule has 0 saturated carbocycles. The van der Waals surface area contributed by atoms with Crippen LogP contribution in [-0.2, 0) is 21.3 Å². The summed E-state index contributed by atoms with van der Waals surface area (Å²) in [6, 6.07) is 7.25. The van der Waals surface area contributed by atoms with Gasteiger partial charge in [-0.1, -0.05) is 12.1 Å². The zero-order valence-corrected chi connectivity index (χ0v) is 16.6. The van der Waals surface area contributed by atoms with Crippen LogP contribution in [0.4, 0.5) is 0 Å². The molecule has 1 atom stereocenters. The predicted octanol–water partition coefficient (Wildman–Crippen LogP) is 2.60. The lowest BCUT2D eigenvalue weighted by Gasteiger charge is -2.25. The zero-order valence-electron chi connectivity index (χ0n) is 15.8. The lowest BCUT2D eigenvalue weighted by molar-refractivity contribution is 0.0924. The summed E-state index contributed by atoms with van der Waals surface area (Å²) in [5, 5.41) is 7.76. The molecule has 0 spiro atoms. The predicted molar refractivity (Wildman–Crippen MR) is 102 cm³/mol. The Hall–Kier alpha value is -2.36. The Bertz CT molecular complexity index is 1080. The van der Waals surface area contributed by atoms with Crippen molar-refractivity contribution in [2.24, 2.45) is 0 Å². The van der Waals surface area contributed by atoms with Gasteiger partial charge in [0.2, 0.25) is 10.0 Å². The number of aryl methyl sites for hydroxylation is 2. The zero-order chi connectivity index (χ0) is 19.7. The van der Waals surface area contributed by atoms with Gasteiger partial charge in [-0.05, 0) is 60.3 Å². The van der Waals surface area contributed by atoms with Crippen LogP contribution in [0.25, 0.3) is 11.0 Å². The van der Waals surface area contributed by atoms with E-state index in [0.29, 0.717) is 23.4 Å². The number of pyridine rings is 1. The third kappa shape index (κ3) is 3.52. The maximum absolute atomic E-state index is 13.7. The highest BCUT2D eigenvalue weighted by molar-refractivity contribution is 7.89. The third-order valence-electron chi connectivity index (χ3n) is 4.96. The lowest BCUT2D eigenvalue weighted by atomic mass is 10.1. The molecule has 28 heavy (non-hydrogen) atoms. The van der Waals surface area contributed by atoms with Crippen molar-refractivity contribution >= 4 is 21.1 Å². The van der Waals surface area contributed by atoms with E-state index in [-0.39, 0.29) is 29.6 Å². The number of hydrogen-bond acceptors (Lipinski definition) is 7. The van der Waals surface area contributed by atoms with Gasteiger partial charge in [0, 0.05) is 19.3 Å². The van der Waals surface area contributed by atoms with Gasteiger partial charge in [0.1, 0.15) is 10.4 Å². The van der Waals surface area contributed by atoms with Gasteiger partial charge in [0.05, 0.1) is 18.3 Å². The Morgan fingerprint density at radius 2 is 2.00 bits per heavy atom. The molecule has 148 valence electrons. The Morgan fingerprint density at radius 3 is 2.71 bits per heavy atom. The van der Waals surface area contributed by atoms with Crippen LogP contribution in [0.1, 0.15) is 29.7 Å². The second-order valence-corrected chi connectivity index (χ2v) is 8.93. The molecular formula is C19H22N4O4S. The molecule has 1 aliphatic rings. The molecule has 0 amide bonds. The number of ether oxygens (including phenoxy) is 1. The van der Waals surface area contributed by atoms with Gasteiger partial charge >= 0.3 is 0 Å². The van der Waals surface area contributed by atoms with E-state index >= 15 is 0 Å². The SMILES string of the molecule is Cc1cc(C)c2nonc2c1S(=O)(=O)N(Cc1ccccn1)CC1CCCO1. The summed E-state index contributed by atoms with van der Waals surface area (Å²) in [5.74, 6) is 0. The van der Waals surface area contributed by atoms with Crippen LogP contribution in [0.5, 0.6) is 0 Å². The number of benzene rings is 1. The fourth-order valence-corrected chi connectivity index (χ4v) is 5.40. The summed E-state index contributed by atoms with van der Waals surface area (Å²) < 4.78 is 39.4. The normalized spacial score (nSPS) is 17.6. The van der Waals surface area contributed by atoms with Gasteiger partial charge in [-0.2, -0.15) is 4.31 Å². The molecule has 1 aromatic carbocycles. The van der Waals surface area contributed by atoms with Crippen LogP contribution in [0.15, 0.2) is 40.0 Å². The van der Waals surface area contributed by atoms with Crippen LogP contribution >= 0.6 is 0 Å². The van der Waals surface area contributed by atoms with Crippen molar-refractivity contribution < 1.29 is 17.8 Å². The van der Waals surface area contributed by atoms with E-state index in [0.717, 1.165) is 18.4 Å². The van der Waals surface area contributed by atoms with Gasteiger partial charge in [-0.25, -0.2) is 13.0 Å². The molecular weight excluding hydrogens is 380 g/mol. The summed E-state index contributed by atoms with van der Waals surface area (Å²) in [5.41, 5.74) is 2.82. The van der Waals surface area contributed by atoms with Crippen molar-refractivity contribution in [3.63, 3.8) is 0 Å². The fourth-order valence-electron chi connectivity index (χ4n) is 3.63. The number of aromatic nitrogens is 3. The van der Waals surface area contributed by atoms with Crippen molar-refractivity contribution in [2.75, 3.05) is 13.2 Å². The summed E-state index contributed by atoms with van der Waals surface area (Å²) in [6.45, 7) is 4.69. The summed E-state index contributed by atoms with van der Waals surface area (Å²) in [4.78, 5) is 4.42. The first-order chi connectivity index (χ1) is 13.5. The van der Waals surface area contributed by atoms with Crippen molar-refractivity contribution in [3.8, 4) is 0 Å². The highest BCUT2D eigenvalue weighted by atomic mass is 32.2. The molecule has 0 bridgehead atoms. The monoisotopic (exact) mass is 402 g/mol. The molecule has 8 nitrogen and oxygen atoms in total. The fraction of sp³-hybridized carbons (Fsp3) is 0.421. The van der Waals surface area contributed by atoms with Crippen LogP contribution in [0.2, 0.25) is 0 Å². The Kier molecular flexibility index (Phi) is 5.13. The summed E-state index contributed by atoms with van der Waals surface area (Å²) >= 11 is 0. The Morgan fingerprint density at radius 1 is 1.18 bits per heavy atom. The Balaban J connectivity index is 1.79. The van der Waals surface area contributed by atoms with Gasteiger partial charge in [0.25, 0.3) is 0 Å². The summed E-state index contributed by atoms with van der Waals surface area (Å²) in [6.07, 6.45) is 3.30. The van der Waals surface area contributed by atoms with Crippen molar-refractivity contribution in [2.45, 2.75) is 44.2 Å². The molecule has 1 aliphatic heterocycles. The molecule has 3 aromatic rings. The largest absolute Gasteiger partial charge is 0.377 e. The first kappa shape index (κ1) is 19.0. The van der Waals surface area contributed by atoms with E-state index in [1.54, 1.807) is 25.3 Å². The number of sulfonamides is 1. The maximum Gasteiger partial charge on any atom is 0.246 e. The third-order valence-corrected chi connectivity index (χ3v) is 6.95. The van der Waals surface area contributed by atoms with Crippen LogP contribution < -0.4 is 0 Å². The van der Waals surface area contributed by atoms with Crippen molar-refractivity contribution in [1.82, 2.24) is 19.6 Å². The van der Waals surface area contributed by atoms with E-state index in [2.05, 4.69) is 15.3 Å².